The second-order valence-corrected chi connectivity index (χ2v) is 7.06. The Bertz CT molecular complexity index is 508. The zero-order chi connectivity index (χ0) is 15.7. The monoisotopic (exact) mass is 278 g/mol. The van der Waals surface area contributed by atoms with Gasteiger partial charge in [0.1, 0.15) is 5.75 Å². The standard InChI is InChI=1S/C17H26O3/c1-11-8-9-13(16(2,3)4)14(20-7)12(11)10-17(5,6)15(18)19/h8-9H,10H2,1-7H3,(H,18,19). The van der Waals surface area contributed by atoms with Crippen LogP contribution in [0.1, 0.15) is 51.3 Å². The van der Waals surface area contributed by atoms with Crippen molar-refractivity contribution in [2.75, 3.05) is 7.11 Å². The van der Waals surface area contributed by atoms with Crippen molar-refractivity contribution in [1.82, 2.24) is 0 Å². The predicted octanol–water partition coefficient (Wildman–Crippen LogP) is 3.95. The van der Waals surface area contributed by atoms with Crippen LogP contribution < -0.4 is 4.74 Å². The summed E-state index contributed by atoms with van der Waals surface area (Å²) in [5.41, 5.74) is 2.33. The second kappa shape index (κ2) is 5.47. The number of carboxylic acid groups (broad SMARTS) is 1. The number of carbonyl (C=O) groups is 1. The fourth-order valence-electron chi connectivity index (χ4n) is 2.29. The molecule has 1 rings (SSSR count). The molecule has 0 aliphatic rings. The molecular formula is C17H26O3. The van der Waals surface area contributed by atoms with Gasteiger partial charge >= 0.3 is 5.97 Å². The molecule has 0 unspecified atom stereocenters. The van der Waals surface area contributed by atoms with E-state index in [-0.39, 0.29) is 5.41 Å². The molecular weight excluding hydrogens is 252 g/mol. The first-order chi connectivity index (χ1) is 9.00. The number of hydrogen-bond donors (Lipinski definition) is 1. The Balaban J connectivity index is 3.42. The zero-order valence-corrected chi connectivity index (χ0v) is 13.6. The van der Waals surface area contributed by atoms with E-state index in [0.717, 1.165) is 22.4 Å². The van der Waals surface area contributed by atoms with E-state index in [1.165, 1.54) is 0 Å². The highest BCUT2D eigenvalue weighted by molar-refractivity contribution is 5.74. The Morgan fingerprint density at radius 3 is 2.15 bits per heavy atom. The number of ether oxygens (including phenoxy) is 1. The summed E-state index contributed by atoms with van der Waals surface area (Å²) < 4.78 is 5.62. The van der Waals surface area contributed by atoms with E-state index >= 15 is 0 Å². The molecule has 112 valence electrons. The van der Waals surface area contributed by atoms with E-state index in [2.05, 4.69) is 32.9 Å². The molecule has 1 aromatic carbocycles. The van der Waals surface area contributed by atoms with Crippen LogP contribution in [-0.4, -0.2) is 18.2 Å². The topological polar surface area (TPSA) is 46.5 Å². The first kappa shape index (κ1) is 16.5. The molecule has 0 fully saturated rings. The minimum atomic E-state index is -0.811. The fraction of sp³-hybridized carbons (Fsp3) is 0.588. The molecule has 0 spiro atoms. The van der Waals surface area contributed by atoms with Gasteiger partial charge < -0.3 is 9.84 Å². The first-order valence-corrected chi connectivity index (χ1v) is 6.91. The second-order valence-electron chi connectivity index (χ2n) is 7.06. The predicted molar refractivity (Wildman–Crippen MR) is 81.6 cm³/mol. The summed E-state index contributed by atoms with van der Waals surface area (Å²) in [4.78, 5) is 11.4. The van der Waals surface area contributed by atoms with Gasteiger partial charge in [0, 0.05) is 0 Å². The number of benzene rings is 1. The Hall–Kier alpha value is -1.51. The number of carboxylic acids is 1. The maximum Gasteiger partial charge on any atom is 0.309 e. The van der Waals surface area contributed by atoms with E-state index in [1.807, 2.05) is 6.92 Å². The van der Waals surface area contributed by atoms with Crippen molar-refractivity contribution in [3.05, 3.63) is 28.8 Å². The van der Waals surface area contributed by atoms with Crippen molar-refractivity contribution in [3.8, 4) is 5.75 Å². The Morgan fingerprint density at radius 1 is 1.20 bits per heavy atom. The smallest absolute Gasteiger partial charge is 0.309 e. The maximum absolute atomic E-state index is 11.4. The van der Waals surface area contributed by atoms with Gasteiger partial charge in [0.2, 0.25) is 0 Å². The number of aliphatic carboxylic acids is 1. The van der Waals surface area contributed by atoms with Crippen LogP contribution in [0.2, 0.25) is 0 Å². The molecule has 0 aromatic heterocycles. The van der Waals surface area contributed by atoms with E-state index < -0.39 is 11.4 Å². The van der Waals surface area contributed by atoms with E-state index in [0.29, 0.717) is 6.42 Å². The Kier molecular flexibility index (Phi) is 4.52. The van der Waals surface area contributed by atoms with Gasteiger partial charge in [0.05, 0.1) is 12.5 Å². The molecule has 1 aromatic rings. The molecule has 0 bridgehead atoms. The summed E-state index contributed by atoms with van der Waals surface area (Å²) in [6.07, 6.45) is 0.460. The molecule has 3 nitrogen and oxygen atoms in total. The van der Waals surface area contributed by atoms with Crippen LogP contribution in [0, 0.1) is 12.3 Å². The van der Waals surface area contributed by atoms with Crippen molar-refractivity contribution in [2.24, 2.45) is 5.41 Å². The molecule has 1 N–H and O–H groups in total. The third kappa shape index (κ3) is 3.33. The Morgan fingerprint density at radius 2 is 1.75 bits per heavy atom. The highest BCUT2D eigenvalue weighted by Gasteiger charge is 2.31. The first-order valence-electron chi connectivity index (χ1n) is 6.91. The van der Waals surface area contributed by atoms with Gasteiger partial charge in [0.15, 0.2) is 0 Å². The lowest BCUT2D eigenvalue weighted by atomic mass is 9.79. The minimum Gasteiger partial charge on any atom is -0.496 e. The van der Waals surface area contributed by atoms with Crippen LogP contribution in [0.15, 0.2) is 12.1 Å². The number of rotatable bonds is 4. The summed E-state index contributed by atoms with van der Waals surface area (Å²) in [5, 5.41) is 9.35. The number of aryl methyl sites for hydroxylation is 1. The largest absolute Gasteiger partial charge is 0.496 e. The lowest BCUT2D eigenvalue weighted by molar-refractivity contribution is -0.146. The van der Waals surface area contributed by atoms with E-state index in [4.69, 9.17) is 4.74 Å². The summed E-state index contributed by atoms with van der Waals surface area (Å²) in [7, 11) is 1.65. The molecule has 3 heteroatoms. The van der Waals surface area contributed by atoms with Crippen LogP contribution in [0.3, 0.4) is 0 Å². The number of methoxy groups -OCH3 is 1. The average Bonchev–Trinajstić information content (AvgIpc) is 2.29. The molecule has 0 saturated heterocycles. The quantitative estimate of drug-likeness (QED) is 0.907. The van der Waals surface area contributed by atoms with Gasteiger partial charge in [-0.1, -0.05) is 32.9 Å². The molecule has 20 heavy (non-hydrogen) atoms. The van der Waals surface area contributed by atoms with Gasteiger partial charge in [-0.05, 0) is 49.3 Å². The van der Waals surface area contributed by atoms with Crippen molar-refractivity contribution >= 4 is 5.97 Å². The summed E-state index contributed by atoms with van der Waals surface area (Å²) >= 11 is 0. The summed E-state index contributed by atoms with van der Waals surface area (Å²) in [5.74, 6) is 0.0342. The molecule has 0 amide bonds. The highest BCUT2D eigenvalue weighted by Crippen LogP contribution is 2.38. The van der Waals surface area contributed by atoms with Crippen molar-refractivity contribution in [1.29, 1.82) is 0 Å². The third-order valence-electron chi connectivity index (χ3n) is 3.70. The molecule has 0 atom stereocenters. The molecule has 0 aliphatic heterocycles. The normalized spacial score (nSPS) is 12.3. The van der Waals surface area contributed by atoms with Crippen LogP contribution in [0.25, 0.3) is 0 Å². The average molecular weight is 278 g/mol. The number of hydrogen-bond acceptors (Lipinski definition) is 2. The van der Waals surface area contributed by atoms with E-state index in [1.54, 1.807) is 21.0 Å². The highest BCUT2D eigenvalue weighted by atomic mass is 16.5. The van der Waals surface area contributed by atoms with Gasteiger partial charge in [-0.25, -0.2) is 0 Å². The van der Waals surface area contributed by atoms with Crippen LogP contribution in [0.5, 0.6) is 5.75 Å². The van der Waals surface area contributed by atoms with Gasteiger partial charge in [-0.3, -0.25) is 4.79 Å². The van der Waals surface area contributed by atoms with E-state index in [9.17, 15) is 9.90 Å². The van der Waals surface area contributed by atoms with Crippen molar-refractivity contribution < 1.29 is 14.6 Å². The van der Waals surface area contributed by atoms with Gasteiger partial charge in [0.25, 0.3) is 0 Å². The fourth-order valence-corrected chi connectivity index (χ4v) is 2.29. The third-order valence-corrected chi connectivity index (χ3v) is 3.70. The van der Waals surface area contributed by atoms with Crippen LogP contribution >= 0.6 is 0 Å². The summed E-state index contributed by atoms with van der Waals surface area (Å²) in [6, 6.07) is 4.13. The molecule has 0 aliphatic carbocycles. The Labute approximate surface area is 122 Å². The van der Waals surface area contributed by atoms with Crippen LogP contribution in [-0.2, 0) is 16.6 Å². The summed E-state index contributed by atoms with van der Waals surface area (Å²) in [6.45, 7) is 11.9. The maximum atomic E-state index is 11.4. The van der Waals surface area contributed by atoms with Crippen molar-refractivity contribution in [3.63, 3.8) is 0 Å². The minimum absolute atomic E-state index is 0.0405. The van der Waals surface area contributed by atoms with Crippen LogP contribution in [0.4, 0.5) is 0 Å². The van der Waals surface area contributed by atoms with Gasteiger partial charge in [-0.2, -0.15) is 0 Å². The SMILES string of the molecule is COc1c(C(C)(C)C)ccc(C)c1CC(C)(C)C(=O)O. The molecule has 0 radical (unpaired) electrons. The lowest BCUT2D eigenvalue weighted by Crippen LogP contribution is -2.27. The zero-order valence-electron chi connectivity index (χ0n) is 13.6. The lowest BCUT2D eigenvalue weighted by Gasteiger charge is -2.27. The molecule has 0 saturated carbocycles. The van der Waals surface area contributed by atoms with Crippen molar-refractivity contribution in [2.45, 2.75) is 53.4 Å². The molecule has 0 heterocycles. The van der Waals surface area contributed by atoms with Gasteiger partial charge in [-0.15, -0.1) is 0 Å².